The highest BCUT2D eigenvalue weighted by Gasteiger charge is 2.39. The van der Waals surface area contributed by atoms with Crippen molar-refractivity contribution >= 4 is 46.2 Å². The van der Waals surface area contributed by atoms with Crippen LogP contribution in [0.4, 0.5) is 16.4 Å². The molecular weight excluding hydrogens is 1130 g/mol. The average molecular weight is 1210 g/mol. The molecule has 0 unspecified atom stereocenters. The number of hydrogen-bond donors (Lipinski definition) is 4. The Morgan fingerprint density at radius 2 is 1.12 bits per heavy atom. The van der Waals surface area contributed by atoms with Crippen molar-refractivity contribution in [3.05, 3.63) is 130 Å². The van der Waals surface area contributed by atoms with Crippen molar-refractivity contribution < 1.29 is 42.6 Å². The summed E-state index contributed by atoms with van der Waals surface area (Å²) in [4.78, 5) is 50.6. The lowest BCUT2D eigenvalue weighted by Gasteiger charge is -2.36. The smallest absolute Gasteiger partial charge is 0.410 e. The molecule has 0 spiro atoms. The number of ether oxygens (including phenoxy) is 3. The molecule has 86 heavy (non-hydrogen) atoms. The van der Waals surface area contributed by atoms with Crippen LogP contribution in [0.15, 0.2) is 91.0 Å². The number of benzene rings is 3. The Morgan fingerprint density at radius 1 is 0.640 bits per heavy atom. The third kappa shape index (κ3) is 16.2. The predicted octanol–water partition coefficient (Wildman–Crippen LogP) is 10.1. The normalized spacial score (nSPS) is 14.0. The van der Waals surface area contributed by atoms with Gasteiger partial charge in [0, 0.05) is 26.7 Å². The monoisotopic (exact) mass is 1210 g/mol. The largest absolute Gasteiger partial charge is 0.496 e. The molecule has 2 aliphatic rings. The highest BCUT2D eigenvalue weighted by Crippen LogP contribution is 2.39. The number of tetrazole rings is 2. The maximum atomic E-state index is 13.6. The van der Waals surface area contributed by atoms with Crippen molar-refractivity contribution in [3.63, 3.8) is 0 Å². The van der Waals surface area contributed by atoms with Gasteiger partial charge in [-0.05, 0) is 167 Å². The second-order valence-corrected chi connectivity index (χ2v) is 33.9. The van der Waals surface area contributed by atoms with E-state index in [0.717, 1.165) is 48.9 Å². The Morgan fingerprint density at radius 3 is 1.59 bits per heavy atom. The van der Waals surface area contributed by atoms with Crippen LogP contribution in [0.3, 0.4) is 0 Å². The van der Waals surface area contributed by atoms with E-state index in [-0.39, 0.29) is 34.7 Å². The number of carbonyl (C=O) groups is 3. The maximum Gasteiger partial charge on any atom is 0.410 e. The van der Waals surface area contributed by atoms with Crippen molar-refractivity contribution in [1.82, 2.24) is 60.6 Å². The van der Waals surface area contributed by atoms with Gasteiger partial charge in [0.05, 0.1) is 50.6 Å². The Labute approximate surface area is 506 Å². The lowest BCUT2D eigenvalue weighted by molar-refractivity contribution is 0.0918. The standard InChI is InChI=1S/C34H43N7O5Si.C26H37N7O3Si.CH4O/c1-23(21-46-47(6,7)34(2,3)4)41-31(37-38-39-41)28-14-11-15-30(35-28)36-32(42)27-18-26-20-40(17-16-25(26)19-29(27)44-5)33(43)45-22-24-12-9-8-10-13-24;1-17(16-36-37(6,7)26(2,3)4)33-24(30-31-32-33)21-9-8-10-23(28-21)29-25(34)20-13-19-15-27-12-11-18(19)14-22(20)35-5;1-2/h8-15,18-19,23H,16-17,20-22H2,1-7H3,(H,35,36,42);8-10,13-14,17,27H,11-12,15-16H2,1-7H3,(H,28,29,34);2H,1H3/t23-;17-;/m11./s1. The molecule has 7 aromatic rings. The van der Waals surface area contributed by atoms with Gasteiger partial charge in [0.1, 0.15) is 41.1 Å². The highest BCUT2D eigenvalue weighted by atomic mass is 28.4. The SMILES string of the molecule is CO.COc1cc2c(cc1C(=O)Nc1cccc(-c3nnnn3[C@H](C)CO[Si](C)(C)C(C)(C)C)n1)CN(C(=O)OCc1ccccc1)CC2.COc1cc2c(cc1C(=O)Nc1cccc(-c3nnnn3[C@H](C)CO[Si](C)(C)C(C)(C)C)n1)CNCC2. The first-order valence-corrected chi connectivity index (χ1v) is 34.6. The zero-order valence-electron chi connectivity index (χ0n) is 52.3. The van der Waals surface area contributed by atoms with Crippen LogP contribution in [0.5, 0.6) is 11.5 Å². The molecule has 4 aromatic heterocycles. The summed E-state index contributed by atoms with van der Waals surface area (Å²) in [6.45, 7) is 29.8. The van der Waals surface area contributed by atoms with Gasteiger partial charge in [0.25, 0.3) is 11.8 Å². The van der Waals surface area contributed by atoms with Gasteiger partial charge in [-0.2, -0.15) is 0 Å². The van der Waals surface area contributed by atoms with Crippen LogP contribution in [0.25, 0.3) is 23.0 Å². The molecule has 2 aliphatic heterocycles. The first-order chi connectivity index (χ1) is 40.9. The van der Waals surface area contributed by atoms with Crippen LogP contribution in [-0.2, 0) is 46.1 Å². The number of methoxy groups -OCH3 is 2. The van der Waals surface area contributed by atoms with Crippen LogP contribution in [0.2, 0.25) is 36.3 Å². The molecule has 2 atom stereocenters. The van der Waals surface area contributed by atoms with E-state index < -0.39 is 28.6 Å². The van der Waals surface area contributed by atoms with Gasteiger partial charge in [-0.3, -0.25) is 9.59 Å². The van der Waals surface area contributed by atoms with E-state index in [4.69, 9.17) is 28.2 Å². The average Bonchev–Trinajstić information content (AvgIpc) is 4.24. The van der Waals surface area contributed by atoms with E-state index in [2.05, 4.69) is 125 Å². The van der Waals surface area contributed by atoms with Crippen molar-refractivity contribution in [2.24, 2.45) is 0 Å². The molecule has 23 nitrogen and oxygen atoms in total. The zero-order valence-corrected chi connectivity index (χ0v) is 54.3. The van der Waals surface area contributed by atoms with Crippen molar-refractivity contribution in [1.29, 1.82) is 0 Å². The number of fused-ring (bicyclic) bond motifs is 2. The number of nitrogens with zero attached hydrogens (tertiary/aromatic N) is 11. The van der Waals surface area contributed by atoms with Gasteiger partial charge in [-0.25, -0.2) is 24.1 Å². The summed E-state index contributed by atoms with van der Waals surface area (Å²) in [5, 5.41) is 41.0. The summed E-state index contributed by atoms with van der Waals surface area (Å²) in [5.74, 6) is 2.03. The molecule has 0 aliphatic carbocycles. The fourth-order valence-electron chi connectivity index (χ4n) is 8.93. The number of aliphatic hydroxyl groups excluding tert-OH is 1. The molecule has 0 saturated heterocycles. The Kier molecular flexibility index (Phi) is 21.8. The first kappa shape index (κ1) is 65.7. The summed E-state index contributed by atoms with van der Waals surface area (Å²) in [6.07, 6.45) is 1.13. The molecular formula is C61H84N14O9Si2. The maximum absolute atomic E-state index is 13.6. The van der Waals surface area contributed by atoms with Gasteiger partial charge in [-0.15, -0.1) is 10.2 Å². The molecule has 9 rings (SSSR count). The van der Waals surface area contributed by atoms with Crippen LogP contribution in [-0.4, -0.2) is 143 Å². The lowest BCUT2D eigenvalue weighted by atomic mass is 9.96. The van der Waals surface area contributed by atoms with Crippen molar-refractivity contribution in [2.45, 2.75) is 136 Å². The zero-order chi connectivity index (χ0) is 62.6. The number of nitrogens with one attached hydrogen (secondary N) is 3. The number of pyridine rings is 2. The Hall–Kier alpha value is -7.82. The van der Waals surface area contributed by atoms with Crippen LogP contribution in [0.1, 0.15) is 116 Å². The summed E-state index contributed by atoms with van der Waals surface area (Å²) in [6, 6.07) is 27.5. The van der Waals surface area contributed by atoms with E-state index >= 15 is 0 Å². The molecule has 4 N–H and O–H groups in total. The molecule has 3 aromatic carbocycles. The third-order valence-corrected chi connectivity index (χ3v) is 25.1. The van der Waals surface area contributed by atoms with Gasteiger partial charge in [0.2, 0.25) is 11.6 Å². The fourth-order valence-corrected chi connectivity index (χ4v) is 11.1. The Bertz CT molecular complexity index is 3440. The minimum atomic E-state index is -1.96. The molecule has 460 valence electrons. The summed E-state index contributed by atoms with van der Waals surface area (Å²) < 4.78 is 32.9. The van der Waals surface area contributed by atoms with E-state index in [1.54, 1.807) is 51.7 Å². The van der Waals surface area contributed by atoms with E-state index in [1.807, 2.05) is 74.5 Å². The number of rotatable bonds is 18. The number of amides is 3. The second kappa shape index (κ2) is 28.6. The van der Waals surface area contributed by atoms with E-state index in [9.17, 15) is 14.4 Å². The molecule has 25 heteroatoms. The number of aromatic nitrogens is 10. The fraction of sp³-hybridized carbons (Fsp3) is 0.459. The van der Waals surface area contributed by atoms with Crippen LogP contribution >= 0.6 is 0 Å². The van der Waals surface area contributed by atoms with E-state index in [0.29, 0.717) is 90.0 Å². The topological polar surface area (TPSA) is 270 Å². The second-order valence-electron chi connectivity index (χ2n) is 24.2. The molecule has 0 saturated carbocycles. The Balaban J connectivity index is 0.000000246. The third-order valence-electron chi connectivity index (χ3n) is 16.1. The first-order valence-electron chi connectivity index (χ1n) is 28.8. The predicted molar refractivity (Wildman–Crippen MR) is 334 cm³/mol. The molecule has 0 radical (unpaired) electrons. The summed E-state index contributed by atoms with van der Waals surface area (Å²) in [5.41, 5.74) is 6.96. The van der Waals surface area contributed by atoms with Gasteiger partial charge in [0.15, 0.2) is 16.6 Å². The molecule has 0 bridgehead atoms. The quantitative estimate of drug-likeness (QED) is 0.0582. The summed E-state index contributed by atoms with van der Waals surface area (Å²) in [7, 11) is 0.235. The minimum absolute atomic E-state index is 0.0821. The minimum Gasteiger partial charge on any atom is -0.496 e. The van der Waals surface area contributed by atoms with E-state index in [1.165, 1.54) is 12.7 Å². The van der Waals surface area contributed by atoms with Gasteiger partial charge < -0.3 is 49.0 Å². The lowest BCUT2D eigenvalue weighted by Crippen LogP contribution is -2.42. The number of anilines is 2. The van der Waals surface area contributed by atoms with Gasteiger partial charge >= 0.3 is 6.09 Å². The number of aliphatic hydroxyl groups is 1. The van der Waals surface area contributed by atoms with Crippen LogP contribution in [0, 0.1) is 0 Å². The van der Waals surface area contributed by atoms with Crippen molar-refractivity contribution in [2.75, 3.05) is 58.3 Å². The summed E-state index contributed by atoms with van der Waals surface area (Å²) >= 11 is 0. The molecule has 0 fully saturated rings. The van der Waals surface area contributed by atoms with Crippen molar-refractivity contribution in [3.8, 4) is 34.5 Å². The van der Waals surface area contributed by atoms with Crippen LogP contribution < -0.4 is 25.4 Å². The highest BCUT2D eigenvalue weighted by molar-refractivity contribution is 6.74. The number of carbonyl (C=O) groups excluding carboxylic acids is 3. The van der Waals surface area contributed by atoms with Gasteiger partial charge in [-0.1, -0.05) is 84.0 Å². The number of hydrogen-bond acceptors (Lipinski definition) is 18. The molecule has 3 amide bonds. The molecule has 6 heterocycles.